The fourth-order valence-electron chi connectivity index (χ4n) is 2.57. The van der Waals surface area contributed by atoms with Gasteiger partial charge in [0, 0.05) is 22.9 Å². The molecule has 0 atom stereocenters. The van der Waals surface area contributed by atoms with E-state index in [0.717, 1.165) is 6.26 Å². The van der Waals surface area contributed by atoms with Gasteiger partial charge in [0.2, 0.25) is 15.9 Å². The molecule has 0 heterocycles. The van der Waals surface area contributed by atoms with Crippen molar-refractivity contribution < 1.29 is 22.7 Å². The molecule has 0 bridgehead atoms. The minimum atomic E-state index is -3.54. The molecule has 0 spiro atoms. The van der Waals surface area contributed by atoms with E-state index in [9.17, 15) is 18.0 Å². The quantitative estimate of drug-likeness (QED) is 0.536. The molecule has 0 saturated heterocycles. The summed E-state index contributed by atoms with van der Waals surface area (Å²) >= 11 is 0. The molecule has 30 heavy (non-hydrogen) atoms. The SMILES string of the molecule is CS(=O)(=O)Nc1ccc(NC(=O)c2ccc(C(N)=O)cc2)cc1Oc1ccccc1. The maximum Gasteiger partial charge on any atom is 0.255 e. The predicted molar refractivity (Wildman–Crippen MR) is 114 cm³/mol. The van der Waals surface area contributed by atoms with Gasteiger partial charge in [-0.3, -0.25) is 14.3 Å². The number of hydrogen-bond donors (Lipinski definition) is 3. The van der Waals surface area contributed by atoms with Crippen LogP contribution in [0.3, 0.4) is 0 Å². The first-order valence-corrected chi connectivity index (χ1v) is 10.7. The van der Waals surface area contributed by atoms with Gasteiger partial charge in [0.05, 0.1) is 11.9 Å². The monoisotopic (exact) mass is 425 g/mol. The number of hydrogen-bond acceptors (Lipinski definition) is 5. The first-order valence-electron chi connectivity index (χ1n) is 8.77. The van der Waals surface area contributed by atoms with E-state index in [2.05, 4.69) is 10.0 Å². The van der Waals surface area contributed by atoms with Crippen molar-refractivity contribution in [3.8, 4) is 11.5 Å². The van der Waals surface area contributed by atoms with Crippen molar-refractivity contribution in [1.82, 2.24) is 0 Å². The lowest BCUT2D eigenvalue weighted by Crippen LogP contribution is -2.14. The first-order chi connectivity index (χ1) is 14.2. The van der Waals surface area contributed by atoms with E-state index in [1.807, 2.05) is 6.07 Å². The zero-order chi connectivity index (χ0) is 21.7. The highest BCUT2D eigenvalue weighted by atomic mass is 32.2. The van der Waals surface area contributed by atoms with Crippen LogP contribution >= 0.6 is 0 Å². The van der Waals surface area contributed by atoms with Crippen LogP contribution in [-0.4, -0.2) is 26.5 Å². The second kappa shape index (κ2) is 8.66. The van der Waals surface area contributed by atoms with Crippen LogP contribution < -0.4 is 20.5 Å². The highest BCUT2D eigenvalue weighted by Gasteiger charge is 2.13. The largest absolute Gasteiger partial charge is 0.455 e. The molecule has 3 aromatic carbocycles. The number of rotatable bonds is 7. The number of benzene rings is 3. The molecular formula is C21H19N3O5S. The number of carbonyl (C=O) groups is 2. The van der Waals surface area contributed by atoms with Gasteiger partial charge in [-0.1, -0.05) is 18.2 Å². The van der Waals surface area contributed by atoms with E-state index in [0.29, 0.717) is 22.6 Å². The maximum atomic E-state index is 12.5. The summed E-state index contributed by atoms with van der Waals surface area (Å²) in [4.78, 5) is 23.6. The molecule has 0 aliphatic rings. The van der Waals surface area contributed by atoms with Gasteiger partial charge >= 0.3 is 0 Å². The molecule has 0 aromatic heterocycles. The molecule has 0 saturated carbocycles. The highest BCUT2D eigenvalue weighted by Crippen LogP contribution is 2.33. The van der Waals surface area contributed by atoms with Crippen LogP contribution in [0.2, 0.25) is 0 Å². The Kier molecular flexibility index (Phi) is 6.03. The average molecular weight is 425 g/mol. The van der Waals surface area contributed by atoms with Crippen molar-refractivity contribution >= 4 is 33.2 Å². The Labute approximate surface area is 173 Å². The van der Waals surface area contributed by atoms with Gasteiger partial charge in [-0.05, 0) is 48.5 Å². The minimum Gasteiger partial charge on any atom is -0.455 e. The molecule has 9 heteroatoms. The molecule has 154 valence electrons. The lowest BCUT2D eigenvalue weighted by Gasteiger charge is -2.14. The fraction of sp³-hybridized carbons (Fsp3) is 0.0476. The van der Waals surface area contributed by atoms with Gasteiger partial charge in [0.1, 0.15) is 5.75 Å². The van der Waals surface area contributed by atoms with E-state index >= 15 is 0 Å². The number of ether oxygens (including phenoxy) is 1. The molecule has 4 N–H and O–H groups in total. The smallest absolute Gasteiger partial charge is 0.255 e. The van der Waals surface area contributed by atoms with Crippen LogP contribution in [-0.2, 0) is 10.0 Å². The Bertz CT molecular complexity index is 1180. The summed E-state index contributed by atoms with van der Waals surface area (Å²) in [5.74, 6) is -0.285. The van der Waals surface area contributed by atoms with Gasteiger partial charge in [0.15, 0.2) is 5.75 Å². The Balaban J connectivity index is 1.86. The molecular weight excluding hydrogens is 406 g/mol. The van der Waals surface area contributed by atoms with E-state index in [4.69, 9.17) is 10.5 Å². The van der Waals surface area contributed by atoms with Crippen molar-refractivity contribution in [1.29, 1.82) is 0 Å². The Morgan fingerprint density at radius 2 is 1.53 bits per heavy atom. The molecule has 2 amide bonds. The van der Waals surface area contributed by atoms with E-state index in [-0.39, 0.29) is 11.4 Å². The second-order valence-corrected chi connectivity index (χ2v) is 8.14. The molecule has 3 rings (SSSR count). The summed E-state index contributed by atoms with van der Waals surface area (Å²) in [5.41, 5.74) is 6.43. The molecule has 0 fully saturated rings. The van der Waals surface area contributed by atoms with Crippen LogP contribution in [0.5, 0.6) is 11.5 Å². The number of carbonyl (C=O) groups excluding carboxylic acids is 2. The summed E-state index contributed by atoms with van der Waals surface area (Å²) < 4.78 is 31.5. The third-order valence-corrected chi connectivity index (χ3v) is 4.53. The van der Waals surface area contributed by atoms with Crippen molar-refractivity contribution in [3.05, 3.63) is 83.9 Å². The number of nitrogens with one attached hydrogen (secondary N) is 2. The standard InChI is InChI=1S/C21H19N3O5S/c1-30(27,28)24-18-12-11-16(13-19(18)29-17-5-3-2-4-6-17)23-21(26)15-9-7-14(8-10-15)20(22)25/h2-13,24H,1H3,(H2,22,25)(H,23,26). The van der Waals surface area contributed by atoms with Crippen LogP contribution in [0, 0.1) is 0 Å². The normalized spacial score (nSPS) is 10.8. The Hall–Kier alpha value is -3.85. The van der Waals surface area contributed by atoms with Gasteiger partial charge < -0.3 is 15.8 Å². The van der Waals surface area contributed by atoms with E-state index < -0.39 is 21.8 Å². The number of sulfonamides is 1. The van der Waals surface area contributed by atoms with Crippen molar-refractivity contribution in [2.75, 3.05) is 16.3 Å². The molecule has 0 aliphatic heterocycles. The number of amides is 2. The number of primary amides is 1. The molecule has 3 aromatic rings. The van der Waals surface area contributed by atoms with Gasteiger partial charge in [-0.25, -0.2) is 8.42 Å². The van der Waals surface area contributed by atoms with Gasteiger partial charge in [0.25, 0.3) is 5.91 Å². The summed E-state index contributed by atoms with van der Waals surface area (Å²) in [7, 11) is -3.54. The van der Waals surface area contributed by atoms with Gasteiger partial charge in [-0.15, -0.1) is 0 Å². The zero-order valence-corrected chi connectivity index (χ0v) is 16.8. The van der Waals surface area contributed by atoms with Crippen molar-refractivity contribution in [2.45, 2.75) is 0 Å². The van der Waals surface area contributed by atoms with Gasteiger partial charge in [-0.2, -0.15) is 0 Å². The molecule has 0 aliphatic carbocycles. The second-order valence-electron chi connectivity index (χ2n) is 6.40. The lowest BCUT2D eigenvalue weighted by atomic mass is 10.1. The van der Waals surface area contributed by atoms with Crippen LogP contribution in [0.25, 0.3) is 0 Å². The summed E-state index contributed by atoms with van der Waals surface area (Å²) in [6.07, 6.45) is 1.03. The highest BCUT2D eigenvalue weighted by molar-refractivity contribution is 7.92. The number of nitrogens with two attached hydrogens (primary N) is 1. The maximum absolute atomic E-state index is 12.5. The summed E-state index contributed by atoms with van der Waals surface area (Å²) in [5, 5.41) is 2.71. The number of para-hydroxylation sites is 1. The average Bonchev–Trinajstić information content (AvgIpc) is 2.70. The van der Waals surface area contributed by atoms with Crippen molar-refractivity contribution in [3.63, 3.8) is 0 Å². The lowest BCUT2D eigenvalue weighted by molar-refractivity contribution is 0.0995. The van der Waals surface area contributed by atoms with E-state index in [1.165, 1.54) is 36.4 Å². The Morgan fingerprint density at radius 3 is 2.13 bits per heavy atom. The first kappa shape index (κ1) is 20.9. The molecule has 0 radical (unpaired) electrons. The van der Waals surface area contributed by atoms with Crippen molar-refractivity contribution in [2.24, 2.45) is 5.73 Å². The minimum absolute atomic E-state index is 0.216. The van der Waals surface area contributed by atoms with Crippen LogP contribution in [0.4, 0.5) is 11.4 Å². The van der Waals surface area contributed by atoms with E-state index in [1.54, 1.807) is 30.3 Å². The Morgan fingerprint density at radius 1 is 0.900 bits per heavy atom. The molecule has 0 unspecified atom stereocenters. The third kappa shape index (κ3) is 5.58. The fourth-order valence-corrected chi connectivity index (χ4v) is 3.14. The van der Waals surface area contributed by atoms with Crippen LogP contribution in [0.15, 0.2) is 72.8 Å². The summed E-state index contributed by atoms with van der Waals surface area (Å²) in [6, 6.07) is 19.2. The topological polar surface area (TPSA) is 128 Å². The summed E-state index contributed by atoms with van der Waals surface area (Å²) in [6.45, 7) is 0. The third-order valence-electron chi connectivity index (χ3n) is 3.94. The zero-order valence-electron chi connectivity index (χ0n) is 16.0. The number of anilines is 2. The molecule has 8 nitrogen and oxygen atoms in total. The predicted octanol–water partition coefficient (Wildman–Crippen LogP) is 3.20. The van der Waals surface area contributed by atoms with Crippen LogP contribution in [0.1, 0.15) is 20.7 Å².